The number of imidazole rings is 1. The highest BCUT2D eigenvalue weighted by Gasteiger charge is 2.16. The van der Waals surface area contributed by atoms with E-state index in [-0.39, 0.29) is 0 Å². The van der Waals surface area contributed by atoms with Crippen molar-refractivity contribution < 1.29 is 4.79 Å². The van der Waals surface area contributed by atoms with E-state index in [2.05, 4.69) is 33.8 Å². The number of nitrogens with zero attached hydrogens (tertiary/aromatic N) is 2. The Kier molecular flexibility index (Phi) is 4.12. The smallest absolute Gasteiger partial charge is 0.250 e. The van der Waals surface area contributed by atoms with E-state index < -0.39 is 5.91 Å². The lowest BCUT2D eigenvalue weighted by Gasteiger charge is -2.09. The van der Waals surface area contributed by atoms with Crippen LogP contribution in [0.1, 0.15) is 28.7 Å². The molecule has 0 saturated carbocycles. The van der Waals surface area contributed by atoms with Gasteiger partial charge in [0.05, 0.1) is 11.1 Å². The van der Waals surface area contributed by atoms with Crippen LogP contribution in [-0.4, -0.2) is 22.0 Å². The van der Waals surface area contributed by atoms with Gasteiger partial charge in [0.25, 0.3) is 5.91 Å². The van der Waals surface area contributed by atoms with Gasteiger partial charge in [0.2, 0.25) is 0 Å². The Morgan fingerprint density at radius 1 is 1.17 bits per heavy atom. The van der Waals surface area contributed by atoms with Crippen LogP contribution < -0.4 is 11.5 Å². The molecule has 1 heterocycles. The Hall–Kier alpha value is -2.66. The molecule has 0 saturated heterocycles. The van der Waals surface area contributed by atoms with Crippen LogP contribution in [0.4, 0.5) is 0 Å². The number of aromatic nitrogens is 2. The molecule has 0 spiro atoms. The minimum atomic E-state index is -0.457. The average Bonchev–Trinajstić information content (AvgIpc) is 2.94. The quantitative estimate of drug-likeness (QED) is 0.757. The second kappa shape index (κ2) is 6.22. The van der Waals surface area contributed by atoms with Gasteiger partial charge in [0.15, 0.2) is 0 Å². The summed E-state index contributed by atoms with van der Waals surface area (Å²) in [5.74, 6) is 0.446. The first-order valence-corrected chi connectivity index (χ1v) is 7.75. The molecular weight excluding hydrogens is 288 g/mol. The van der Waals surface area contributed by atoms with Gasteiger partial charge in [-0.2, -0.15) is 0 Å². The third kappa shape index (κ3) is 2.71. The van der Waals surface area contributed by atoms with Crippen molar-refractivity contribution in [2.24, 2.45) is 11.5 Å². The molecule has 5 heteroatoms. The second-order valence-electron chi connectivity index (χ2n) is 5.46. The predicted molar refractivity (Wildman–Crippen MR) is 91.7 cm³/mol. The fourth-order valence-corrected chi connectivity index (χ4v) is 2.85. The minimum Gasteiger partial charge on any atom is -0.366 e. The minimum absolute atomic E-state index is 0.454. The van der Waals surface area contributed by atoms with Crippen LogP contribution >= 0.6 is 0 Å². The van der Waals surface area contributed by atoms with Crippen LogP contribution in [0, 0.1) is 0 Å². The predicted octanol–water partition coefficient (Wildman–Crippen LogP) is 2.19. The van der Waals surface area contributed by atoms with Gasteiger partial charge >= 0.3 is 0 Å². The highest BCUT2D eigenvalue weighted by atomic mass is 16.1. The number of hydrogen-bond donors (Lipinski definition) is 2. The molecule has 0 bridgehead atoms. The van der Waals surface area contributed by atoms with Crippen LogP contribution in [0.5, 0.6) is 0 Å². The van der Waals surface area contributed by atoms with Crippen LogP contribution in [0.25, 0.3) is 16.7 Å². The molecule has 5 nitrogen and oxygen atoms in total. The SMILES string of the molecule is CCc1nc2c(C(N)=O)cccc2n1-c1ccc(CCN)cc1. The largest absolute Gasteiger partial charge is 0.366 e. The number of primary amides is 1. The fourth-order valence-electron chi connectivity index (χ4n) is 2.85. The first-order valence-electron chi connectivity index (χ1n) is 7.75. The molecule has 0 aliphatic carbocycles. The maximum absolute atomic E-state index is 11.6. The van der Waals surface area contributed by atoms with Gasteiger partial charge in [-0.15, -0.1) is 0 Å². The zero-order valence-electron chi connectivity index (χ0n) is 13.1. The molecule has 3 rings (SSSR count). The standard InChI is InChI=1S/C18H20N4O/c1-2-16-21-17-14(18(20)23)4-3-5-15(17)22(16)13-8-6-12(7-9-13)10-11-19/h3-9H,2,10-11,19H2,1H3,(H2,20,23). The molecule has 2 aromatic carbocycles. The summed E-state index contributed by atoms with van der Waals surface area (Å²) in [4.78, 5) is 16.3. The lowest BCUT2D eigenvalue weighted by Crippen LogP contribution is -2.11. The summed E-state index contributed by atoms with van der Waals surface area (Å²) >= 11 is 0. The Balaban J connectivity index is 2.19. The molecule has 118 valence electrons. The Bertz CT molecular complexity index is 849. The van der Waals surface area contributed by atoms with Crippen LogP contribution in [0.15, 0.2) is 42.5 Å². The molecule has 1 amide bonds. The van der Waals surface area contributed by atoms with Crippen LogP contribution in [-0.2, 0) is 12.8 Å². The number of carbonyl (C=O) groups is 1. The number of hydrogen-bond acceptors (Lipinski definition) is 3. The monoisotopic (exact) mass is 308 g/mol. The van der Waals surface area contributed by atoms with Gasteiger partial charge in [-0.05, 0) is 42.8 Å². The molecule has 4 N–H and O–H groups in total. The summed E-state index contributed by atoms with van der Waals surface area (Å²) in [5, 5.41) is 0. The second-order valence-corrected chi connectivity index (χ2v) is 5.46. The van der Waals surface area contributed by atoms with Crippen molar-refractivity contribution in [3.8, 4) is 5.69 Å². The van der Waals surface area contributed by atoms with E-state index >= 15 is 0 Å². The summed E-state index contributed by atoms with van der Waals surface area (Å²) in [6, 6.07) is 13.8. The molecular formula is C18H20N4O. The highest BCUT2D eigenvalue weighted by Crippen LogP contribution is 2.24. The molecule has 0 aliphatic rings. The van der Waals surface area contributed by atoms with E-state index in [9.17, 15) is 4.79 Å². The zero-order valence-corrected chi connectivity index (χ0v) is 13.1. The first kappa shape index (κ1) is 15.2. The number of fused-ring (bicyclic) bond motifs is 1. The average molecular weight is 308 g/mol. The lowest BCUT2D eigenvalue weighted by molar-refractivity contribution is 0.100. The Labute approximate surface area is 134 Å². The number of nitrogens with two attached hydrogens (primary N) is 2. The number of aryl methyl sites for hydroxylation is 1. The van der Waals surface area contributed by atoms with Crippen molar-refractivity contribution in [1.82, 2.24) is 9.55 Å². The molecule has 1 aromatic heterocycles. The third-order valence-corrected chi connectivity index (χ3v) is 3.96. The molecule has 3 aromatic rings. The van der Waals surface area contributed by atoms with Gasteiger partial charge in [-0.1, -0.05) is 25.1 Å². The molecule has 23 heavy (non-hydrogen) atoms. The summed E-state index contributed by atoms with van der Waals surface area (Å²) in [5.41, 5.74) is 15.3. The van der Waals surface area contributed by atoms with Gasteiger partial charge < -0.3 is 11.5 Å². The molecule has 0 unspecified atom stereocenters. The normalized spacial score (nSPS) is 11.0. The molecule has 0 aliphatic heterocycles. The number of benzene rings is 2. The summed E-state index contributed by atoms with van der Waals surface area (Å²) in [6.45, 7) is 2.68. The van der Waals surface area contributed by atoms with Crippen molar-refractivity contribution >= 4 is 16.9 Å². The van der Waals surface area contributed by atoms with Crippen molar-refractivity contribution in [3.05, 3.63) is 59.4 Å². The maximum Gasteiger partial charge on any atom is 0.250 e. The molecule has 0 fully saturated rings. The van der Waals surface area contributed by atoms with E-state index in [0.29, 0.717) is 17.6 Å². The summed E-state index contributed by atoms with van der Waals surface area (Å²) < 4.78 is 2.08. The maximum atomic E-state index is 11.6. The van der Waals surface area contributed by atoms with E-state index in [4.69, 9.17) is 11.5 Å². The number of carbonyl (C=O) groups excluding carboxylic acids is 1. The van der Waals surface area contributed by atoms with Crippen molar-refractivity contribution in [2.45, 2.75) is 19.8 Å². The zero-order chi connectivity index (χ0) is 16.4. The topological polar surface area (TPSA) is 86.9 Å². The van der Waals surface area contributed by atoms with Gasteiger partial charge in [-0.25, -0.2) is 4.98 Å². The van der Waals surface area contributed by atoms with E-state index in [1.54, 1.807) is 6.07 Å². The van der Waals surface area contributed by atoms with Crippen LogP contribution in [0.2, 0.25) is 0 Å². The van der Waals surface area contributed by atoms with Crippen molar-refractivity contribution in [2.75, 3.05) is 6.54 Å². The van der Waals surface area contributed by atoms with Crippen molar-refractivity contribution in [1.29, 1.82) is 0 Å². The third-order valence-electron chi connectivity index (χ3n) is 3.96. The Morgan fingerprint density at radius 3 is 2.52 bits per heavy atom. The van der Waals surface area contributed by atoms with E-state index in [0.717, 1.165) is 29.9 Å². The van der Waals surface area contributed by atoms with E-state index in [1.165, 1.54) is 5.56 Å². The first-order chi connectivity index (χ1) is 11.2. The molecule has 0 atom stereocenters. The lowest BCUT2D eigenvalue weighted by atomic mass is 10.1. The molecule has 0 radical (unpaired) electrons. The number of amides is 1. The Morgan fingerprint density at radius 2 is 1.91 bits per heavy atom. The van der Waals surface area contributed by atoms with Crippen molar-refractivity contribution in [3.63, 3.8) is 0 Å². The van der Waals surface area contributed by atoms with Crippen LogP contribution in [0.3, 0.4) is 0 Å². The summed E-state index contributed by atoms with van der Waals surface area (Å²) in [7, 11) is 0. The van der Waals surface area contributed by atoms with Gasteiger partial charge in [-0.3, -0.25) is 9.36 Å². The number of rotatable bonds is 5. The van der Waals surface area contributed by atoms with E-state index in [1.807, 2.05) is 19.1 Å². The highest BCUT2D eigenvalue weighted by molar-refractivity contribution is 6.04. The van der Waals surface area contributed by atoms with Gasteiger partial charge in [0, 0.05) is 12.1 Å². The number of para-hydroxylation sites is 1. The van der Waals surface area contributed by atoms with Gasteiger partial charge in [0.1, 0.15) is 11.3 Å². The fraction of sp³-hybridized carbons (Fsp3) is 0.222. The summed E-state index contributed by atoms with van der Waals surface area (Å²) in [6.07, 6.45) is 1.62.